The molecule has 1 heterocycles. The monoisotopic (exact) mass is 219 g/mol. The zero-order valence-corrected chi connectivity index (χ0v) is 9.57. The highest BCUT2D eigenvalue weighted by atomic mass is 16.5. The number of benzene rings is 1. The molecule has 0 saturated heterocycles. The molecule has 16 heavy (non-hydrogen) atoms. The summed E-state index contributed by atoms with van der Waals surface area (Å²) < 4.78 is 5.65. The molecule has 0 aliphatic heterocycles. The fourth-order valence-electron chi connectivity index (χ4n) is 1.63. The third-order valence-corrected chi connectivity index (χ3v) is 2.56. The first kappa shape index (κ1) is 10.9. The van der Waals surface area contributed by atoms with Crippen LogP contribution in [-0.4, -0.2) is 22.0 Å². The van der Waals surface area contributed by atoms with E-state index in [0.29, 0.717) is 0 Å². The first-order valence-electron chi connectivity index (χ1n) is 5.84. The van der Waals surface area contributed by atoms with E-state index in [0.717, 1.165) is 29.8 Å². The minimum Gasteiger partial charge on any atom is -0.494 e. The Bertz CT molecular complexity index is 439. The number of nitrogens with one attached hydrogen (secondary N) is 1. The number of hydrogen-bond donors (Lipinski definition) is 1. The molecule has 4 nitrogen and oxygen atoms in total. The molecule has 0 bridgehead atoms. The Hall–Kier alpha value is -1.58. The Kier molecular flexibility index (Phi) is 3.75. The number of nitrogens with zero attached hydrogens (tertiary/aromatic N) is 2. The van der Waals surface area contributed by atoms with E-state index < -0.39 is 0 Å². The number of aromatic amines is 1. The first-order chi connectivity index (χ1) is 7.90. The van der Waals surface area contributed by atoms with Crippen LogP contribution < -0.4 is 4.74 Å². The van der Waals surface area contributed by atoms with Gasteiger partial charge in [-0.1, -0.05) is 31.4 Å². The molecule has 1 aromatic carbocycles. The van der Waals surface area contributed by atoms with Gasteiger partial charge in [-0.15, -0.1) is 5.10 Å². The smallest absolute Gasteiger partial charge is 0.121 e. The van der Waals surface area contributed by atoms with Crippen LogP contribution >= 0.6 is 0 Å². The molecule has 0 atom stereocenters. The van der Waals surface area contributed by atoms with E-state index in [1.807, 2.05) is 18.2 Å². The predicted molar refractivity (Wildman–Crippen MR) is 63.5 cm³/mol. The van der Waals surface area contributed by atoms with Gasteiger partial charge in [0.1, 0.15) is 11.3 Å². The SMILES string of the molecule is CCCCCCOc1ccc2nn[nH]c2c1. The first-order valence-corrected chi connectivity index (χ1v) is 5.84. The molecule has 1 aromatic heterocycles. The maximum Gasteiger partial charge on any atom is 0.121 e. The molecule has 0 saturated carbocycles. The number of rotatable bonds is 6. The van der Waals surface area contributed by atoms with Crippen molar-refractivity contribution in [2.75, 3.05) is 6.61 Å². The van der Waals surface area contributed by atoms with Crippen LogP contribution in [0.25, 0.3) is 11.0 Å². The number of hydrogen-bond acceptors (Lipinski definition) is 3. The average Bonchev–Trinajstić information content (AvgIpc) is 2.76. The zero-order chi connectivity index (χ0) is 11.2. The lowest BCUT2D eigenvalue weighted by atomic mass is 10.2. The topological polar surface area (TPSA) is 50.8 Å². The van der Waals surface area contributed by atoms with E-state index in [1.165, 1.54) is 19.3 Å². The van der Waals surface area contributed by atoms with Crippen LogP contribution in [0.2, 0.25) is 0 Å². The Morgan fingerprint density at radius 1 is 1.25 bits per heavy atom. The summed E-state index contributed by atoms with van der Waals surface area (Å²) in [7, 11) is 0. The zero-order valence-electron chi connectivity index (χ0n) is 9.57. The van der Waals surface area contributed by atoms with Gasteiger partial charge in [-0.3, -0.25) is 5.10 Å². The number of fused-ring (bicyclic) bond motifs is 1. The van der Waals surface area contributed by atoms with Crippen molar-refractivity contribution in [3.05, 3.63) is 18.2 Å². The molecular weight excluding hydrogens is 202 g/mol. The van der Waals surface area contributed by atoms with Crippen molar-refractivity contribution in [1.29, 1.82) is 0 Å². The predicted octanol–water partition coefficient (Wildman–Crippen LogP) is 2.92. The van der Waals surface area contributed by atoms with E-state index in [1.54, 1.807) is 0 Å². The maximum absolute atomic E-state index is 5.65. The Morgan fingerprint density at radius 2 is 2.19 bits per heavy atom. The van der Waals surface area contributed by atoms with Crippen molar-refractivity contribution in [2.45, 2.75) is 32.6 Å². The summed E-state index contributed by atoms with van der Waals surface area (Å²) in [6.45, 7) is 2.99. The molecule has 0 fully saturated rings. The third-order valence-electron chi connectivity index (χ3n) is 2.56. The van der Waals surface area contributed by atoms with E-state index in [2.05, 4.69) is 22.3 Å². The van der Waals surface area contributed by atoms with Crippen molar-refractivity contribution in [1.82, 2.24) is 15.4 Å². The number of H-pyrrole nitrogens is 1. The summed E-state index contributed by atoms with van der Waals surface area (Å²) in [5.41, 5.74) is 1.80. The summed E-state index contributed by atoms with van der Waals surface area (Å²) in [5.74, 6) is 0.884. The van der Waals surface area contributed by atoms with Gasteiger partial charge in [-0.25, -0.2) is 0 Å². The van der Waals surface area contributed by atoms with Gasteiger partial charge in [0.15, 0.2) is 0 Å². The second kappa shape index (κ2) is 5.49. The standard InChI is InChI=1S/C12H17N3O/c1-2-3-4-5-8-16-10-6-7-11-12(9-10)14-15-13-11/h6-7,9H,2-5,8H2,1H3,(H,13,14,15). The molecule has 2 rings (SSSR count). The van der Waals surface area contributed by atoms with Crippen molar-refractivity contribution in [2.24, 2.45) is 0 Å². The summed E-state index contributed by atoms with van der Waals surface area (Å²) in [6.07, 6.45) is 4.90. The highest BCUT2D eigenvalue weighted by molar-refractivity contribution is 5.75. The van der Waals surface area contributed by atoms with Gasteiger partial charge in [0.05, 0.1) is 12.1 Å². The molecule has 0 amide bonds. The molecule has 0 radical (unpaired) electrons. The van der Waals surface area contributed by atoms with Crippen LogP contribution in [0.5, 0.6) is 5.75 Å². The number of unbranched alkanes of at least 4 members (excludes halogenated alkanes) is 3. The number of ether oxygens (including phenoxy) is 1. The summed E-state index contributed by atoms with van der Waals surface area (Å²) in [4.78, 5) is 0. The Balaban J connectivity index is 1.84. The fourth-order valence-corrected chi connectivity index (χ4v) is 1.63. The number of aromatic nitrogens is 3. The van der Waals surface area contributed by atoms with Gasteiger partial charge in [0.25, 0.3) is 0 Å². The van der Waals surface area contributed by atoms with Crippen LogP contribution in [0.15, 0.2) is 18.2 Å². The third kappa shape index (κ3) is 2.72. The summed E-state index contributed by atoms with van der Waals surface area (Å²) >= 11 is 0. The Morgan fingerprint density at radius 3 is 3.06 bits per heavy atom. The molecule has 0 aliphatic carbocycles. The van der Waals surface area contributed by atoms with Gasteiger partial charge >= 0.3 is 0 Å². The molecule has 2 aromatic rings. The second-order valence-corrected chi connectivity index (χ2v) is 3.90. The maximum atomic E-state index is 5.65. The quantitative estimate of drug-likeness (QED) is 0.760. The minimum absolute atomic E-state index is 0.785. The van der Waals surface area contributed by atoms with Crippen molar-refractivity contribution < 1.29 is 4.74 Å². The van der Waals surface area contributed by atoms with E-state index >= 15 is 0 Å². The fraction of sp³-hybridized carbons (Fsp3) is 0.500. The van der Waals surface area contributed by atoms with Crippen LogP contribution in [0.3, 0.4) is 0 Å². The largest absolute Gasteiger partial charge is 0.494 e. The molecule has 0 spiro atoms. The normalized spacial score (nSPS) is 10.8. The summed E-state index contributed by atoms with van der Waals surface area (Å²) in [6, 6.07) is 5.79. The van der Waals surface area contributed by atoms with E-state index in [9.17, 15) is 0 Å². The molecule has 86 valence electrons. The Labute approximate surface area is 95.0 Å². The summed E-state index contributed by atoms with van der Waals surface area (Å²) in [5, 5.41) is 10.5. The van der Waals surface area contributed by atoms with Crippen LogP contribution in [0, 0.1) is 0 Å². The van der Waals surface area contributed by atoms with Gasteiger partial charge in [-0.2, -0.15) is 0 Å². The van der Waals surface area contributed by atoms with Gasteiger partial charge in [0.2, 0.25) is 0 Å². The highest BCUT2D eigenvalue weighted by Crippen LogP contribution is 2.17. The molecule has 4 heteroatoms. The molecule has 1 N–H and O–H groups in total. The molecular formula is C12H17N3O. The van der Waals surface area contributed by atoms with Gasteiger partial charge < -0.3 is 4.74 Å². The minimum atomic E-state index is 0.785. The van der Waals surface area contributed by atoms with E-state index in [-0.39, 0.29) is 0 Å². The van der Waals surface area contributed by atoms with Crippen LogP contribution in [0.4, 0.5) is 0 Å². The van der Waals surface area contributed by atoms with Crippen molar-refractivity contribution >= 4 is 11.0 Å². The van der Waals surface area contributed by atoms with Crippen LogP contribution in [0.1, 0.15) is 32.6 Å². The lowest BCUT2D eigenvalue weighted by molar-refractivity contribution is 0.305. The average molecular weight is 219 g/mol. The molecule has 0 aliphatic rings. The lowest BCUT2D eigenvalue weighted by Gasteiger charge is -2.05. The lowest BCUT2D eigenvalue weighted by Crippen LogP contribution is -1.96. The van der Waals surface area contributed by atoms with Crippen molar-refractivity contribution in [3.8, 4) is 5.75 Å². The van der Waals surface area contributed by atoms with Gasteiger partial charge in [-0.05, 0) is 18.6 Å². The molecule has 0 unspecified atom stereocenters. The van der Waals surface area contributed by atoms with E-state index in [4.69, 9.17) is 4.74 Å². The van der Waals surface area contributed by atoms with Crippen molar-refractivity contribution in [3.63, 3.8) is 0 Å². The van der Waals surface area contributed by atoms with Crippen LogP contribution in [-0.2, 0) is 0 Å². The highest BCUT2D eigenvalue weighted by Gasteiger charge is 1.99. The second-order valence-electron chi connectivity index (χ2n) is 3.90. The van der Waals surface area contributed by atoms with Gasteiger partial charge in [0, 0.05) is 6.07 Å².